The van der Waals surface area contributed by atoms with E-state index in [0.717, 1.165) is 0 Å². The van der Waals surface area contributed by atoms with Crippen molar-refractivity contribution < 1.29 is 93.5 Å². The van der Waals surface area contributed by atoms with E-state index in [1.54, 1.807) is 0 Å². The van der Waals surface area contributed by atoms with Crippen molar-refractivity contribution in [1.82, 2.24) is 0 Å². The van der Waals surface area contributed by atoms with Gasteiger partial charge in [-0.15, -0.1) is 0 Å². The van der Waals surface area contributed by atoms with Crippen LogP contribution in [0, 0.1) is 0 Å². The van der Waals surface area contributed by atoms with Crippen LogP contribution >= 0.6 is 0 Å². The van der Waals surface area contributed by atoms with E-state index in [0.29, 0.717) is 0 Å². The molecule has 2 radical (unpaired) electrons. The molecule has 0 fully saturated rings. The van der Waals surface area contributed by atoms with Crippen molar-refractivity contribution in [2.75, 3.05) is 0 Å². The van der Waals surface area contributed by atoms with Gasteiger partial charge in [0, 0.05) is 55.1 Å². The second kappa shape index (κ2) is 19.9. The minimum absolute atomic E-state index is 0. The zero-order valence-corrected chi connectivity index (χ0v) is 12.9. The summed E-state index contributed by atoms with van der Waals surface area (Å²) in [6, 6.07) is 0. The van der Waals surface area contributed by atoms with Crippen LogP contribution in [-0.2, 0) is 62.9 Å². The zero-order chi connectivity index (χ0) is 17.6. The summed E-state index contributed by atoms with van der Waals surface area (Å²) in [5, 5.41) is 55.7. The third-order valence-electron chi connectivity index (χ3n) is 0.866. The van der Waals surface area contributed by atoms with Gasteiger partial charge in [-0.3, -0.25) is 0 Å². The van der Waals surface area contributed by atoms with Gasteiger partial charge in [0.1, 0.15) is 0 Å². The van der Waals surface area contributed by atoms with Crippen molar-refractivity contribution in [3.05, 3.63) is 0 Å². The number of aliphatic carboxylic acids is 6. The van der Waals surface area contributed by atoms with Crippen molar-refractivity contribution >= 4 is 35.8 Å². The first-order valence-corrected chi connectivity index (χ1v) is 4.57. The molecule has 0 aromatic carbocycles. The van der Waals surface area contributed by atoms with Gasteiger partial charge in [-0.2, -0.15) is 0 Å². The summed E-state index contributed by atoms with van der Waals surface area (Å²) in [6.45, 7) is 0. The molecule has 130 valence electrons. The van der Waals surface area contributed by atoms with Gasteiger partial charge >= 0.3 is 34.1 Å². The quantitative estimate of drug-likeness (QED) is 0.288. The Balaban J connectivity index is -0.0000000675. The minimum atomic E-state index is -1.63. The minimum Gasteiger partial charge on any atom is -0.550 e. The fraction of sp³-hybridized carbons (Fsp3) is 0.333. The van der Waals surface area contributed by atoms with Crippen molar-refractivity contribution in [3.63, 3.8) is 0 Å². The molecule has 0 aliphatic rings. The van der Waals surface area contributed by atoms with Gasteiger partial charge in [-0.05, 0) is 0 Å². The predicted octanol–water partition coefficient (Wildman–Crippen LogP) is -9.38. The van der Waals surface area contributed by atoms with Crippen LogP contribution in [0.25, 0.3) is 0 Å². The summed E-state index contributed by atoms with van der Waals surface area (Å²) >= 11 is 0. The summed E-state index contributed by atoms with van der Waals surface area (Å²) < 4.78 is 0. The largest absolute Gasteiger partial charge is 3.00 e. The average molecular weight is 418 g/mol. The van der Waals surface area contributed by atoms with Crippen molar-refractivity contribution in [2.45, 2.75) is 19.3 Å². The fourth-order valence-corrected chi connectivity index (χ4v) is 0.354. The molecule has 0 N–H and O–H groups in total. The molecule has 23 heavy (non-hydrogen) atoms. The molecule has 0 bridgehead atoms. The van der Waals surface area contributed by atoms with Gasteiger partial charge in [0.2, 0.25) is 0 Å². The third kappa shape index (κ3) is 65.2. The van der Waals surface area contributed by atoms with Gasteiger partial charge in [0.15, 0.2) is 0 Å². The topological polar surface area (TPSA) is 241 Å². The van der Waals surface area contributed by atoms with Crippen LogP contribution in [-0.4, -0.2) is 35.8 Å². The first kappa shape index (κ1) is 32.7. The van der Waals surface area contributed by atoms with Gasteiger partial charge in [-0.1, -0.05) is 0 Å². The van der Waals surface area contributed by atoms with Crippen molar-refractivity contribution in [1.29, 1.82) is 0 Å². The van der Waals surface area contributed by atoms with E-state index in [1.807, 2.05) is 0 Å². The number of hydrogen-bond acceptors (Lipinski definition) is 12. The van der Waals surface area contributed by atoms with Crippen LogP contribution in [0.3, 0.4) is 0 Å². The van der Waals surface area contributed by atoms with Crippen LogP contribution < -0.4 is 30.6 Å². The molecule has 0 rings (SSSR count). The molecule has 14 heteroatoms. The maximum Gasteiger partial charge on any atom is 3.00 e. The normalized spacial score (nSPS) is 7.30. The summed E-state index contributed by atoms with van der Waals surface area (Å²) in [5.41, 5.74) is 0. The Morgan fingerprint density at radius 1 is 0.391 bits per heavy atom. The number of rotatable bonds is 6. The monoisotopic (exact) mass is 418 g/mol. The Morgan fingerprint density at radius 2 is 0.478 bits per heavy atom. The summed E-state index contributed by atoms with van der Waals surface area (Å²) in [7, 11) is 0. The van der Waals surface area contributed by atoms with E-state index >= 15 is 0 Å². The number of hydrogen-bond donors (Lipinski definition) is 0. The molecule has 0 aromatic rings. The van der Waals surface area contributed by atoms with Crippen molar-refractivity contribution in [3.8, 4) is 0 Å². The fourth-order valence-electron chi connectivity index (χ4n) is 0.354. The smallest absolute Gasteiger partial charge is 0.550 e. The van der Waals surface area contributed by atoms with E-state index in [1.165, 1.54) is 0 Å². The SMILES string of the molecule is O=C([O-])CC(=O)[O-].O=C([O-])CC(=O)[O-].O=C([O-])CC(=O)[O-].[Fe+3].[Fe+3]. The van der Waals surface area contributed by atoms with Gasteiger partial charge in [-0.25, -0.2) is 0 Å². The standard InChI is InChI=1S/3C3H4O4.2Fe/c3*4-2(5)1-3(6)7;;/h3*1H2,(H,4,5)(H,6,7);;/q;;;2*+3/p-6. The number of carboxylic acids is 6. The molecule has 0 saturated carbocycles. The molecular formula is C9H6Fe2O12. The Labute approximate surface area is 149 Å². The van der Waals surface area contributed by atoms with E-state index in [9.17, 15) is 59.4 Å². The molecule has 0 aliphatic carbocycles. The first-order chi connectivity index (χ1) is 9.38. The first-order valence-electron chi connectivity index (χ1n) is 4.57. The maximum absolute atomic E-state index is 9.28. The van der Waals surface area contributed by atoms with Crippen LogP contribution in [0.15, 0.2) is 0 Å². The Morgan fingerprint density at radius 3 is 0.478 bits per heavy atom. The number of carbonyl (C=O) groups is 6. The molecule has 0 amide bonds. The zero-order valence-electron chi connectivity index (χ0n) is 10.7. The molecule has 12 nitrogen and oxygen atoms in total. The average Bonchev–Trinajstić information content (AvgIpc) is 2.10. The van der Waals surface area contributed by atoms with Crippen LogP contribution in [0.2, 0.25) is 0 Å². The Kier molecular flexibility index (Phi) is 28.2. The molecule has 0 spiro atoms. The van der Waals surface area contributed by atoms with Crippen LogP contribution in [0.5, 0.6) is 0 Å². The molecule has 0 aliphatic heterocycles. The van der Waals surface area contributed by atoms with Crippen LogP contribution in [0.1, 0.15) is 19.3 Å². The van der Waals surface area contributed by atoms with E-state index in [4.69, 9.17) is 0 Å². The second-order valence-electron chi connectivity index (χ2n) is 2.76. The summed E-state index contributed by atoms with van der Waals surface area (Å²) in [6.07, 6.45) is -3.08. The van der Waals surface area contributed by atoms with Gasteiger partial charge in [0.05, 0.1) is 0 Å². The molecule has 0 heterocycles. The molecular weight excluding hydrogens is 412 g/mol. The molecule has 0 atom stereocenters. The van der Waals surface area contributed by atoms with Crippen LogP contribution in [0.4, 0.5) is 0 Å². The number of carbonyl (C=O) groups excluding carboxylic acids is 6. The van der Waals surface area contributed by atoms with E-state index in [-0.39, 0.29) is 34.1 Å². The maximum atomic E-state index is 9.28. The molecule has 0 aromatic heterocycles. The predicted molar refractivity (Wildman–Crippen MR) is 43.9 cm³/mol. The third-order valence-corrected chi connectivity index (χ3v) is 0.866. The van der Waals surface area contributed by atoms with E-state index in [2.05, 4.69) is 0 Å². The van der Waals surface area contributed by atoms with Gasteiger partial charge < -0.3 is 59.4 Å². The van der Waals surface area contributed by atoms with Gasteiger partial charge in [0.25, 0.3) is 0 Å². The molecule has 0 saturated heterocycles. The Bertz CT molecular complexity index is 321. The number of carboxylic acid groups (broad SMARTS) is 6. The Hall–Kier alpha value is -2.14. The van der Waals surface area contributed by atoms with E-state index < -0.39 is 55.1 Å². The summed E-state index contributed by atoms with van der Waals surface area (Å²) in [4.78, 5) is 55.7. The molecule has 0 unspecified atom stereocenters. The second-order valence-corrected chi connectivity index (χ2v) is 2.76. The van der Waals surface area contributed by atoms with Crippen molar-refractivity contribution in [2.24, 2.45) is 0 Å². The summed E-state index contributed by atoms with van der Waals surface area (Å²) in [5.74, 6) is -9.75.